The minimum Gasteiger partial charge on any atom is -0.507 e. The minimum absolute atomic E-state index is 0.00761. The molecule has 0 saturated carbocycles. The summed E-state index contributed by atoms with van der Waals surface area (Å²) in [6.45, 7) is 3.86. The summed E-state index contributed by atoms with van der Waals surface area (Å²) in [5.74, 6) is -0.291. The molecule has 1 aliphatic rings. The topological polar surface area (TPSA) is 88.5 Å². The number of hydrogen-bond acceptors (Lipinski definition) is 7. The fourth-order valence-corrected chi connectivity index (χ4v) is 4.47. The minimum atomic E-state index is -0.851. The van der Waals surface area contributed by atoms with E-state index in [0.29, 0.717) is 34.1 Å². The Labute approximate surface area is 222 Å². The quantitative estimate of drug-likeness (QED) is 0.251. The Hall–Kier alpha value is -4.46. The second kappa shape index (κ2) is 10.9. The van der Waals surface area contributed by atoms with Gasteiger partial charge < -0.3 is 24.2 Å². The van der Waals surface area contributed by atoms with Crippen LogP contribution >= 0.6 is 0 Å². The Morgan fingerprint density at radius 2 is 1.53 bits per heavy atom. The molecule has 4 rings (SSSR count). The molecule has 1 heterocycles. The molecule has 0 bridgehead atoms. The maximum atomic E-state index is 13.5. The largest absolute Gasteiger partial charge is 0.507 e. The SMILES string of the molecule is COc1ccc(/C(O)=C2/C(=O)C(=O)N(c3ccc(OC(C)C)cc3)C2c2ccc(N(C)C)cc2)cc1OC. The zero-order chi connectivity index (χ0) is 27.6. The standard InChI is InChI=1S/C30H32N2O6/c1-18(2)38-23-14-12-22(13-15-23)32-27(19-7-10-21(11-8-19)31(3)4)26(29(34)30(32)35)28(33)20-9-16-24(36-5)25(17-20)37-6/h7-18,27,33H,1-6H3/b28-26-. The first kappa shape index (κ1) is 26.6. The Morgan fingerprint density at radius 3 is 2.08 bits per heavy atom. The van der Waals surface area contributed by atoms with E-state index in [2.05, 4.69) is 0 Å². The highest BCUT2D eigenvalue weighted by Crippen LogP contribution is 2.43. The van der Waals surface area contributed by atoms with Gasteiger partial charge in [-0.25, -0.2) is 0 Å². The summed E-state index contributed by atoms with van der Waals surface area (Å²) in [7, 11) is 6.86. The van der Waals surface area contributed by atoms with Crippen LogP contribution in [0.4, 0.5) is 11.4 Å². The van der Waals surface area contributed by atoms with Crippen LogP contribution in [0, 0.1) is 0 Å². The number of carbonyl (C=O) groups is 2. The Kier molecular flexibility index (Phi) is 7.62. The molecule has 38 heavy (non-hydrogen) atoms. The first-order valence-electron chi connectivity index (χ1n) is 12.2. The first-order valence-corrected chi connectivity index (χ1v) is 12.2. The molecule has 3 aromatic rings. The van der Waals surface area contributed by atoms with Crippen molar-refractivity contribution in [3.63, 3.8) is 0 Å². The van der Waals surface area contributed by atoms with Crippen molar-refractivity contribution < 1.29 is 28.9 Å². The van der Waals surface area contributed by atoms with Gasteiger partial charge in [0.1, 0.15) is 11.5 Å². The highest BCUT2D eigenvalue weighted by atomic mass is 16.5. The zero-order valence-corrected chi connectivity index (χ0v) is 22.4. The number of benzene rings is 3. The Bertz CT molecular complexity index is 1360. The van der Waals surface area contributed by atoms with Crippen LogP contribution in [0.5, 0.6) is 17.2 Å². The van der Waals surface area contributed by atoms with Crippen molar-refractivity contribution in [3.05, 3.63) is 83.4 Å². The molecule has 1 N–H and O–H groups in total. The molecule has 1 aliphatic heterocycles. The lowest BCUT2D eigenvalue weighted by molar-refractivity contribution is -0.132. The third kappa shape index (κ3) is 5.02. The van der Waals surface area contributed by atoms with Crippen LogP contribution < -0.4 is 24.0 Å². The average molecular weight is 517 g/mol. The molecular weight excluding hydrogens is 484 g/mol. The van der Waals surface area contributed by atoms with E-state index in [4.69, 9.17) is 14.2 Å². The molecule has 0 radical (unpaired) electrons. The highest BCUT2D eigenvalue weighted by molar-refractivity contribution is 6.51. The van der Waals surface area contributed by atoms with Gasteiger partial charge in [-0.15, -0.1) is 0 Å². The molecule has 1 amide bonds. The zero-order valence-electron chi connectivity index (χ0n) is 22.4. The van der Waals surface area contributed by atoms with Gasteiger partial charge in [0.15, 0.2) is 11.5 Å². The molecule has 0 aliphatic carbocycles. The number of amides is 1. The van der Waals surface area contributed by atoms with Gasteiger partial charge in [-0.2, -0.15) is 0 Å². The maximum Gasteiger partial charge on any atom is 0.300 e. The van der Waals surface area contributed by atoms with Gasteiger partial charge in [0, 0.05) is 31.0 Å². The number of rotatable bonds is 8. The molecule has 1 fully saturated rings. The number of nitrogens with zero attached hydrogens (tertiary/aromatic N) is 2. The van der Waals surface area contributed by atoms with Crippen LogP contribution in [0.1, 0.15) is 31.0 Å². The van der Waals surface area contributed by atoms with Crippen molar-refractivity contribution in [2.45, 2.75) is 26.0 Å². The van der Waals surface area contributed by atoms with Crippen molar-refractivity contribution >= 4 is 28.8 Å². The first-order chi connectivity index (χ1) is 18.2. The summed E-state index contributed by atoms with van der Waals surface area (Å²) < 4.78 is 16.4. The van der Waals surface area contributed by atoms with Crippen LogP contribution in [0.15, 0.2) is 72.3 Å². The van der Waals surface area contributed by atoms with E-state index in [1.807, 2.05) is 57.1 Å². The van der Waals surface area contributed by atoms with Gasteiger partial charge >= 0.3 is 0 Å². The van der Waals surface area contributed by atoms with Crippen molar-refractivity contribution in [1.82, 2.24) is 0 Å². The number of anilines is 2. The number of aliphatic hydroxyl groups excluding tert-OH is 1. The van der Waals surface area contributed by atoms with Crippen LogP contribution in [0.3, 0.4) is 0 Å². The summed E-state index contributed by atoms with van der Waals surface area (Å²) in [5.41, 5.74) is 2.47. The van der Waals surface area contributed by atoms with Crippen LogP contribution in [-0.4, -0.2) is 51.2 Å². The molecule has 1 atom stereocenters. The molecule has 1 saturated heterocycles. The lowest BCUT2D eigenvalue weighted by Gasteiger charge is -2.26. The van der Waals surface area contributed by atoms with E-state index in [0.717, 1.165) is 5.69 Å². The van der Waals surface area contributed by atoms with E-state index in [1.54, 1.807) is 42.5 Å². The van der Waals surface area contributed by atoms with Gasteiger partial charge in [-0.3, -0.25) is 14.5 Å². The van der Waals surface area contributed by atoms with Gasteiger partial charge in [-0.1, -0.05) is 12.1 Å². The number of Topliss-reactive ketones (excluding diaryl/α,β-unsaturated/α-hetero) is 1. The summed E-state index contributed by atoms with van der Waals surface area (Å²) in [4.78, 5) is 30.3. The fourth-order valence-electron chi connectivity index (χ4n) is 4.47. The molecule has 1 unspecified atom stereocenters. The van der Waals surface area contributed by atoms with Crippen LogP contribution in [-0.2, 0) is 9.59 Å². The third-order valence-corrected chi connectivity index (χ3v) is 6.31. The molecular formula is C30H32N2O6. The predicted molar refractivity (Wildman–Crippen MR) is 147 cm³/mol. The molecule has 198 valence electrons. The molecule has 8 heteroatoms. The molecule has 8 nitrogen and oxygen atoms in total. The Morgan fingerprint density at radius 1 is 0.895 bits per heavy atom. The average Bonchev–Trinajstić information content (AvgIpc) is 3.18. The van der Waals surface area contributed by atoms with Gasteiger partial charge in [0.2, 0.25) is 0 Å². The monoisotopic (exact) mass is 516 g/mol. The van der Waals surface area contributed by atoms with Crippen molar-refractivity contribution in [2.75, 3.05) is 38.1 Å². The van der Waals surface area contributed by atoms with Crippen molar-refractivity contribution in [2.24, 2.45) is 0 Å². The predicted octanol–water partition coefficient (Wildman–Crippen LogP) is 5.18. The molecule has 3 aromatic carbocycles. The van der Waals surface area contributed by atoms with Gasteiger partial charge in [0.05, 0.1) is 31.9 Å². The fraction of sp³-hybridized carbons (Fsp3) is 0.267. The van der Waals surface area contributed by atoms with E-state index < -0.39 is 17.7 Å². The number of carbonyl (C=O) groups excluding carboxylic acids is 2. The summed E-state index contributed by atoms with van der Waals surface area (Å²) in [6, 6.07) is 18.5. The molecule has 0 aromatic heterocycles. The van der Waals surface area contributed by atoms with E-state index in [-0.39, 0.29) is 17.4 Å². The number of methoxy groups -OCH3 is 2. The van der Waals surface area contributed by atoms with Crippen LogP contribution in [0.25, 0.3) is 5.76 Å². The number of aliphatic hydroxyl groups is 1. The van der Waals surface area contributed by atoms with E-state index >= 15 is 0 Å². The van der Waals surface area contributed by atoms with Crippen molar-refractivity contribution in [1.29, 1.82) is 0 Å². The Balaban J connectivity index is 1.88. The lowest BCUT2D eigenvalue weighted by atomic mass is 9.94. The van der Waals surface area contributed by atoms with Gasteiger partial charge in [-0.05, 0) is 74.0 Å². The highest BCUT2D eigenvalue weighted by Gasteiger charge is 2.47. The number of ether oxygens (including phenoxy) is 3. The number of ketones is 1. The van der Waals surface area contributed by atoms with E-state index in [1.165, 1.54) is 19.1 Å². The third-order valence-electron chi connectivity index (χ3n) is 6.31. The second-order valence-electron chi connectivity index (χ2n) is 9.39. The van der Waals surface area contributed by atoms with Crippen molar-refractivity contribution in [3.8, 4) is 17.2 Å². The van der Waals surface area contributed by atoms with Gasteiger partial charge in [0.25, 0.3) is 11.7 Å². The maximum absolute atomic E-state index is 13.5. The summed E-state index contributed by atoms with van der Waals surface area (Å²) in [5, 5.41) is 11.4. The van der Waals surface area contributed by atoms with E-state index in [9.17, 15) is 14.7 Å². The summed E-state index contributed by atoms with van der Waals surface area (Å²) in [6.07, 6.45) is -0.00761. The number of hydrogen-bond donors (Lipinski definition) is 1. The normalized spacial score (nSPS) is 16.6. The summed E-state index contributed by atoms with van der Waals surface area (Å²) >= 11 is 0. The lowest BCUT2D eigenvalue weighted by Crippen LogP contribution is -2.29. The molecule has 0 spiro atoms. The van der Waals surface area contributed by atoms with Crippen LogP contribution in [0.2, 0.25) is 0 Å². The smallest absolute Gasteiger partial charge is 0.300 e. The second-order valence-corrected chi connectivity index (χ2v) is 9.39.